The van der Waals surface area contributed by atoms with Gasteiger partial charge in [-0.1, -0.05) is 0 Å². The molecule has 1 aliphatic heterocycles. The molecule has 20 heavy (non-hydrogen) atoms. The van der Waals surface area contributed by atoms with Gasteiger partial charge in [0.25, 0.3) is 0 Å². The van der Waals surface area contributed by atoms with E-state index in [4.69, 9.17) is 0 Å². The van der Waals surface area contributed by atoms with E-state index in [0.717, 1.165) is 24.6 Å². The average molecular weight is 282 g/mol. The largest absolute Gasteiger partial charge is 0.342 e. The van der Waals surface area contributed by atoms with E-state index in [-0.39, 0.29) is 23.4 Å². The molecule has 0 spiro atoms. The SMILES string of the molecule is CC(=O)N1CCCC(C(=O)Nc2cc(F)cc(F)c2)C1. The van der Waals surface area contributed by atoms with Gasteiger partial charge >= 0.3 is 0 Å². The number of anilines is 1. The highest BCUT2D eigenvalue weighted by atomic mass is 19.1. The van der Waals surface area contributed by atoms with Crippen LogP contribution in [0.5, 0.6) is 0 Å². The quantitative estimate of drug-likeness (QED) is 0.903. The molecule has 2 rings (SSSR count). The van der Waals surface area contributed by atoms with Crippen molar-refractivity contribution in [2.75, 3.05) is 18.4 Å². The Bertz CT molecular complexity index is 514. The van der Waals surface area contributed by atoms with Crippen molar-refractivity contribution in [3.63, 3.8) is 0 Å². The molecule has 1 atom stereocenters. The molecule has 1 aliphatic rings. The first-order chi connectivity index (χ1) is 9.45. The van der Waals surface area contributed by atoms with E-state index in [1.807, 2.05) is 0 Å². The van der Waals surface area contributed by atoms with Crippen molar-refractivity contribution in [1.82, 2.24) is 4.90 Å². The Balaban J connectivity index is 2.02. The zero-order chi connectivity index (χ0) is 14.7. The highest BCUT2D eigenvalue weighted by Gasteiger charge is 2.27. The van der Waals surface area contributed by atoms with Crippen LogP contribution in [0.15, 0.2) is 18.2 Å². The normalized spacial score (nSPS) is 18.8. The molecule has 1 aromatic carbocycles. The number of likely N-dealkylation sites (tertiary alicyclic amines) is 1. The van der Waals surface area contributed by atoms with Gasteiger partial charge in [-0.3, -0.25) is 9.59 Å². The fraction of sp³-hybridized carbons (Fsp3) is 0.429. The van der Waals surface area contributed by atoms with E-state index >= 15 is 0 Å². The van der Waals surface area contributed by atoms with Crippen molar-refractivity contribution in [2.24, 2.45) is 5.92 Å². The number of piperidine rings is 1. The Labute approximate surface area is 115 Å². The number of amides is 2. The first kappa shape index (κ1) is 14.4. The number of hydrogen-bond donors (Lipinski definition) is 1. The Morgan fingerprint density at radius 1 is 1.25 bits per heavy atom. The molecular weight excluding hydrogens is 266 g/mol. The molecule has 1 aromatic rings. The number of rotatable bonds is 2. The molecule has 0 aliphatic carbocycles. The Morgan fingerprint density at radius 3 is 2.50 bits per heavy atom. The molecule has 0 saturated carbocycles. The number of benzene rings is 1. The van der Waals surface area contributed by atoms with Gasteiger partial charge in [0.1, 0.15) is 11.6 Å². The maximum absolute atomic E-state index is 13.0. The van der Waals surface area contributed by atoms with E-state index in [1.165, 1.54) is 6.92 Å². The summed E-state index contributed by atoms with van der Waals surface area (Å²) in [7, 11) is 0. The summed E-state index contributed by atoms with van der Waals surface area (Å²) < 4.78 is 26.1. The lowest BCUT2D eigenvalue weighted by Crippen LogP contribution is -2.42. The minimum absolute atomic E-state index is 0.0701. The number of carbonyl (C=O) groups is 2. The van der Waals surface area contributed by atoms with Crippen molar-refractivity contribution in [2.45, 2.75) is 19.8 Å². The van der Waals surface area contributed by atoms with E-state index < -0.39 is 11.6 Å². The summed E-state index contributed by atoms with van der Waals surface area (Å²) in [5, 5.41) is 2.50. The molecule has 0 aromatic heterocycles. The summed E-state index contributed by atoms with van der Waals surface area (Å²) >= 11 is 0. The number of halogens is 2. The number of carbonyl (C=O) groups excluding carboxylic acids is 2. The minimum atomic E-state index is -0.741. The third-order valence-corrected chi connectivity index (χ3v) is 3.37. The Hall–Kier alpha value is -1.98. The zero-order valence-corrected chi connectivity index (χ0v) is 11.2. The molecule has 2 amide bonds. The minimum Gasteiger partial charge on any atom is -0.342 e. The molecule has 1 unspecified atom stereocenters. The maximum Gasteiger partial charge on any atom is 0.229 e. The third-order valence-electron chi connectivity index (χ3n) is 3.37. The third kappa shape index (κ3) is 3.53. The first-order valence-corrected chi connectivity index (χ1v) is 6.48. The van der Waals surface area contributed by atoms with Gasteiger partial charge in [-0.25, -0.2) is 8.78 Å². The molecular formula is C14H16F2N2O2. The van der Waals surface area contributed by atoms with Crippen LogP contribution in [-0.4, -0.2) is 29.8 Å². The average Bonchev–Trinajstić information content (AvgIpc) is 2.37. The Kier molecular flexibility index (Phi) is 4.32. The van der Waals surface area contributed by atoms with Crippen molar-refractivity contribution >= 4 is 17.5 Å². The Morgan fingerprint density at radius 2 is 1.90 bits per heavy atom. The predicted octanol–water partition coefficient (Wildman–Crippen LogP) is 2.16. The molecule has 6 heteroatoms. The second-order valence-corrected chi connectivity index (χ2v) is 4.95. The molecule has 1 fully saturated rings. The highest BCUT2D eigenvalue weighted by molar-refractivity contribution is 5.93. The van der Waals surface area contributed by atoms with E-state index in [0.29, 0.717) is 19.5 Å². The molecule has 1 N–H and O–H groups in total. The number of nitrogens with zero attached hydrogens (tertiary/aromatic N) is 1. The second-order valence-electron chi connectivity index (χ2n) is 4.95. The van der Waals surface area contributed by atoms with Crippen LogP contribution in [0.4, 0.5) is 14.5 Å². The van der Waals surface area contributed by atoms with E-state index in [9.17, 15) is 18.4 Å². The van der Waals surface area contributed by atoms with Crippen LogP contribution in [0.3, 0.4) is 0 Å². The molecule has 4 nitrogen and oxygen atoms in total. The van der Waals surface area contributed by atoms with Crippen LogP contribution in [0.2, 0.25) is 0 Å². The van der Waals surface area contributed by atoms with Crippen LogP contribution in [0.25, 0.3) is 0 Å². The maximum atomic E-state index is 13.0. The van der Waals surface area contributed by atoms with Gasteiger partial charge in [0.15, 0.2) is 0 Å². The van der Waals surface area contributed by atoms with Gasteiger partial charge in [0.2, 0.25) is 11.8 Å². The number of nitrogens with one attached hydrogen (secondary N) is 1. The van der Waals surface area contributed by atoms with Gasteiger partial charge < -0.3 is 10.2 Å². The fourth-order valence-corrected chi connectivity index (χ4v) is 2.35. The fourth-order valence-electron chi connectivity index (χ4n) is 2.35. The monoisotopic (exact) mass is 282 g/mol. The summed E-state index contributed by atoms with van der Waals surface area (Å²) in [4.78, 5) is 25.0. The summed E-state index contributed by atoms with van der Waals surface area (Å²) in [6.45, 7) is 2.45. The summed E-state index contributed by atoms with van der Waals surface area (Å²) in [6, 6.07) is 2.87. The van der Waals surface area contributed by atoms with Crippen LogP contribution in [-0.2, 0) is 9.59 Å². The van der Waals surface area contributed by atoms with E-state index in [2.05, 4.69) is 5.32 Å². The molecule has 0 bridgehead atoms. The van der Waals surface area contributed by atoms with Gasteiger partial charge in [-0.2, -0.15) is 0 Å². The lowest BCUT2D eigenvalue weighted by molar-refractivity contribution is -0.132. The van der Waals surface area contributed by atoms with Crippen molar-refractivity contribution in [3.05, 3.63) is 29.8 Å². The standard InChI is InChI=1S/C14H16F2N2O2/c1-9(19)18-4-2-3-10(8-18)14(20)17-13-6-11(15)5-12(16)7-13/h5-7,10H,2-4,8H2,1H3,(H,17,20). The summed E-state index contributed by atoms with van der Waals surface area (Å²) in [5.74, 6) is -2.22. The zero-order valence-electron chi connectivity index (χ0n) is 11.2. The van der Waals surface area contributed by atoms with Gasteiger partial charge in [-0.05, 0) is 25.0 Å². The highest BCUT2D eigenvalue weighted by Crippen LogP contribution is 2.20. The lowest BCUT2D eigenvalue weighted by atomic mass is 9.97. The van der Waals surface area contributed by atoms with Gasteiger partial charge in [-0.15, -0.1) is 0 Å². The van der Waals surface area contributed by atoms with Crippen LogP contribution >= 0.6 is 0 Å². The summed E-state index contributed by atoms with van der Waals surface area (Å²) in [6.07, 6.45) is 1.41. The lowest BCUT2D eigenvalue weighted by Gasteiger charge is -2.31. The van der Waals surface area contributed by atoms with Crippen molar-refractivity contribution in [1.29, 1.82) is 0 Å². The van der Waals surface area contributed by atoms with Gasteiger partial charge in [0.05, 0.1) is 5.92 Å². The van der Waals surface area contributed by atoms with Crippen molar-refractivity contribution < 1.29 is 18.4 Å². The predicted molar refractivity (Wildman–Crippen MR) is 70.0 cm³/mol. The first-order valence-electron chi connectivity index (χ1n) is 6.48. The molecule has 1 heterocycles. The van der Waals surface area contributed by atoms with E-state index in [1.54, 1.807) is 4.90 Å². The van der Waals surface area contributed by atoms with Crippen LogP contribution in [0, 0.1) is 17.6 Å². The topological polar surface area (TPSA) is 49.4 Å². The smallest absolute Gasteiger partial charge is 0.229 e. The van der Waals surface area contributed by atoms with Gasteiger partial charge in [0, 0.05) is 31.8 Å². The molecule has 1 saturated heterocycles. The number of hydrogen-bond acceptors (Lipinski definition) is 2. The van der Waals surface area contributed by atoms with Crippen LogP contribution < -0.4 is 5.32 Å². The summed E-state index contributed by atoms with van der Waals surface area (Å²) in [5.41, 5.74) is 0.0902. The molecule has 0 radical (unpaired) electrons. The molecule has 108 valence electrons. The van der Waals surface area contributed by atoms with Crippen LogP contribution in [0.1, 0.15) is 19.8 Å². The van der Waals surface area contributed by atoms with Crippen molar-refractivity contribution in [3.8, 4) is 0 Å². The second kappa shape index (κ2) is 5.98.